The van der Waals surface area contributed by atoms with Gasteiger partial charge >= 0.3 is 0 Å². The third-order valence-electron chi connectivity index (χ3n) is 1.69. The van der Waals surface area contributed by atoms with Crippen molar-refractivity contribution < 1.29 is 0 Å². The Morgan fingerprint density at radius 2 is 2.00 bits per heavy atom. The predicted octanol–water partition coefficient (Wildman–Crippen LogP) is 4.79. The van der Waals surface area contributed by atoms with E-state index in [9.17, 15) is 0 Å². The van der Waals surface area contributed by atoms with Gasteiger partial charge in [-0.3, -0.25) is 0 Å². The van der Waals surface area contributed by atoms with Crippen LogP contribution in [0.2, 0.25) is 14.5 Å². The third-order valence-corrected chi connectivity index (χ3v) is 4.63. The minimum absolute atomic E-state index is 0.452. The van der Waals surface area contributed by atoms with Crippen LogP contribution >= 0.6 is 57.9 Å². The number of aromatic nitrogens is 2. The fraction of sp³-hybridized carbons (Fsp3) is 0.111. The van der Waals surface area contributed by atoms with Crippen molar-refractivity contribution in [2.24, 2.45) is 0 Å². The zero-order valence-corrected chi connectivity index (χ0v) is 11.7. The molecule has 0 amide bonds. The summed E-state index contributed by atoms with van der Waals surface area (Å²) in [6.45, 7) is 0. The number of hydrogen-bond acceptors (Lipinski definition) is 4. The first-order valence-electron chi connectivity index (χ1n) is 4.21. The summed E-state index contributed by atoms with van der Waals surface area (Å²) in [5.41, 5.74) is 0. The number of nitrogens with zero attached hydrogens (tertiary/aromatic N) is 2. The van der Waals surface area contributed by atoms with Gasteiger partial charge in [0.05, 0.1) is 10.8 Å². The maximum atomic E-state index is 6.03. The molecule has 1 aromatic heterocycles. The number of hydrogen-bond donors (Lipinski definition) is 0. The van der Waals surface area contributed by atoms with Crippen LogP contribution in [0, 0.1) is 0 Å². The highest BCUT2D eigenvalue weighted by molar-refractivity contribution is 7.98. The Bertz CT molecular complexity index is 501. The largest absolute Gasteiger partial charge is 0.207 e. The molecule has 0 fully saturated rings. The maximum Gasteiger partial charge on any atom is 0.207 e. The molecule has 0 aliphatic rings. The summed E-state index contributed by atoms with van der Waals surface area (Å²) in [5.74, 6) is 0.685. The minimum atomic E-state index is 0.452. The Labute approximate surface area is 116 Å². The van der Waals surface area contributed by atoms with Crippen LogP contribution in [0.25, 0.3) is 0 Å². The lowest BCUT2D eigenvalue weighted by atomic mass is 10.4. The molecule has 2 nitrogen and oxygen atoms in total. The highest BCUT2D eigenvalue weighted by Crippen LogP contribution is 2.32. The van der Waals surface area contributed by atoms with Crippen molar-refractivity contribution in [3.05, 3.63) is 37.7 Å². The summed E-state index contributed by atoms with van der Waals surface area (Å²) in [7, 11) is 0. The molecule has 0 aliphatic heterocycles. The number of benzene rings is 1. The fourth-order valence-corrected chi connectivity index (χ4v) is 3.36. The maximum absolute atomic E-state index is 6.03. The minimum Gasteiger partial charge on any atom is -0.141 e. The Morgan fingerprint density at radius 1 is 1.19 bits per heavy atom. The van der Waals surface area contributed by atoms with E-state index in [-0.39, 0.29) is 0 Å². The van der Waals surface area contributed by atoms with Gasteiger partial charge in [0.15, 0.2) is 0 Å². The smallest absolute Gasteiger partial charge is 0.141 e. The zero-order chi connectivity index (χ0) is 11.5. The van der Waals surface area contributed by atoms with Crippen molar-refractivity contribution in [3.8, 4) is 0 Å². The first kappa shape index (κ1) is 12.5. The fourth-order valence-electron chi connectivity index (χ4n) is 1.02. The molecule has 0 N–H and O–H groups in total. The summed E-state index contributed by atoms with van der Waals surface area (Å²) in [6, 6.07) is 5.37. The number of rotatable bonds is 3. The Hall–Kier alpha value is -0.000000000000000139. The van der Waals surface area contributed by atoms with Crippen molar-refractivity contribution in [1.29, 1.82) is 0 Å². The van der Waals surface area contributed by atoms with E-state index in [1.165, 1.54) is 11.3 Å². The normalized spacial score (nSPS) is 10.7. The van der Waals surface area contributed by atoms with E-state index in [0.29, 0.717) is 20.3 Å². The predicted molar refractivity (Wildman–Crippen MR) is 70.9 cm³/mol. The van der Waals surface area contributed by atoms with Crippen LogP contribution in [0.15, 0.2) is 23.1 Å². The molecule has 0 spiro atoms. The molecule has 0 atom stereocenters. The van der Waals surface area contributed by atoms with Gasteiger partial charge in [-0.15, -0.1) is 22.0 Å². The van der Waals surface area contributed by atoms with Crippen LogP contribution in [-0.4, -0.2) is 10.2 Å². The second kappa shape index (κ2) is 5.56. The molecule has 0 unspecified atom stereocenters. The molecule has 0 saturated heterocycles. The highest BCUT2D eigenvalue weighted by Gasteiger charge is 2.06. The van der Waals surface area contributed by atoms with Crippen LogP contribution in [0.5, 0.6) is 0 Å². The first-order valence-corrected chi connectivity index (χ1v) is 7.14. The highest BCUT2D eigenvalue weighted by atomic mass is 35.5. The van der Waals surface area contributed by atoms with Gasteiger partial charge in [0.25, 0.3) is 0 Å². The van der Waals surface area contributed by atoms with Gasteiger partial charge in [-0.2, -0.15) is 0 Å². The molecule has 1 aromatic carbocycles. The van der Waals surface area contributed by atoms with Gasteiger partial charge in [-0.05, 0) is 29.8 Å². The van der Waals surface area contributed by atoms with Crippen molar-refractivity contribution in [2.45, 2.75) is 10.6 Å². The molecule has 2 aromatic rings. The second-order valence-corrected chi connectivity index (χ2v) is 6.32. The molecule has 1 heterocycles. The molecule has 84 valence electrons. The molecule has 0 aliphatic carbocycles. The van der Waals surface area contributed by atoms with Crippen molar-refractivity contribution in [3.63, 3.8) is 0 Å². The summed E-state index contributed by atoms with van der Waals surface area (Å²) in [6.07, 6.45) is 0. The van der Waals surface area contributed by atoms with Crippen molar-refractivity contribution in [2.75, 3.05) is 0 Å². The van der Waals surface area contributed by atoms with E-state index in [4.69, 9.17) is 34.8 Å². The van der Waals surface area contributed by atoms with Gasteiger partial charge in [0.2, 0.25) is 4.47 Å². The SMILES string of the molecule is Clc1ccc(Cl)c(SCc2nnc(Cl)s2)c1. The van der Waals surface area contributed by atoms with Crippen LogP contribution < -0.4 is 0 Å². The third kappa shape index (κ3) is 3.25. The van der Waals surface area contributed by atoms with Gasteiger partial charge in [0, 0.05) is 9.92 Å². The van der Waals surface area contributed by atoms with Gasteiger partial charge in [-0.1, -0.05) is 34.5 Å². The number of thioether (sulfide) groups is 1. The second-order valence-electron chi connectivity index (χ2n) is 2.81. The van der Waals surface area contributed by atoms with Crippen LogP contribution in [0.1, 0.15) is 5.01 Å². The molecule has 0 radical (unpaired) electrons. The van der Waals surface area contributed by atoms with E-state index in [2.05, 4.69) is 10.2 Å². The summed E-state index contributed by atoms with van der Waals surface area (Å²) < 4.78 is 0.452. The Balaban J connectivity index is 2.07. The average Bonchev–Trinajstić information content (AvgIpc) is 2.66. The lowest BCUT2D eigenvalue weighted by Gasteiger charge is -2.02. The van der Waals surface area contributed by atoms with Crippen LogP contribution in [-0.2, 0) is 5.75 Å². The quantitative estimate of drug-likeness (QED) is 0.762. The van der Waals surface area contributed by atoms with E-state index >= 15 is 0 Å². The molecule has 2 rings (SSSR count). The van der Waals surface area contributed by atoms with Crippen molar-refractivity contribution >= 4 is 57.9 Å². The molecular weight excluding hydrogens is 307 g/mol. The summed E-state index contributed by atoms with van der Waals surface area (Å²) in [5, 5.41) is 9.87. The lowest BCUT2D eigenvalue weighted by molar-refractivity contribution is 1.04. The van der Waals surface area contributed by atoms with Crippen LogP contribution in [0.3, 0.4) is 0 Å². The van der Waals surface area contributed by atoms with E-state index in [1.807, 2.05) is 6.07 Å². The standard InChI is InChI=1S/C9H5Cl3N2S2/c10-5-1-2-6(11)7(3-5)15-4-8-13-14-9(12)16-8/h1-3H,4H2. The monoisotopic (exact) mass is 310 g/mol. The molecule has 7 heteroatoms. The average molecular weight is 312 g/mol. The Kier molecular flexibility index (Phi) is 4.33. The van der Waals surface area contributed by atoms with Gasteiger partial charge < -0.3 is 0 Å². The lowest BCUT2D eigenvalue weighted by Crippen LogP contribution is -1.80. The summed E-state index contributed by atoms with van der Waals surface area (Å²) >= 11 is 20.5. The molecular formula is C9H5Cl3N2S2. The van der Waals surface area contributed by atoms with Crippen molar-refractivity contribution in [1.82, 2.24) is 10.2 Å². The number of halogens is 3. The summed E-state index contributed by atoms with van der Waals surface area (Å²) in [4.78, 5) is 0.931. The molecule has 16 heavy (non-hydrogen) atoms. The molecule has 0 saturated carbocycles. The van der Waals surface area contributed by atoms with Gasteiger partial charge in [0.1, 0.15) is 5.01 Å². The Morgan fingerprint density at radius 3 is 2.69 bits per heavy atom. The first-order chi connectivity index (χ1) is 7.65. The zero-order valence-electron chi connectivity index (χ0n) is 7.78. The van der Waals surface area contributed by atoms with E-state index in [0.717, 1.165) is 9.90 Å². The van der Waals surface area contributed by atoms with Gasteiger partial charge in [-0.25, -0.2) is 0 Å². The van der Waals surface area contributed by atoms with E-state index in [1.54, 1.807) is 23.9 Å². The van der Waals surface area contributed by atoms with Crippen LogP contribution in [0.4, 0.5) is 0 Å². The molecule has 0 bridgehead atoms. The van der Waals surface area contributed by atoms with E-state index < -0.39 is 0 Å². The topological polar surface area (TPSA) is 25.8 Å².